The van der Waals surface area contributed by atoms with Crippen molar-refractivity contribution in [2.24, 2.45) is 7.05 Å². The number of benzene rings is 1. The third-order valence-corrected chi connectivity index (χ3v) is 2.89. The summed E-state index contributed by atoms with van der Waals surface area (Å²) in [6.45, 7) is 4.13. The molecule has 0 amide bonds. The molecule has 1 N–H and O–H groups in total. The Labute approximate surface area is 94.3 Å². The summed E-state index contributed by atoms with van der Waals surface area (Å²) in [4.78, 5) is 11.2. The van der Waals surface area contributed by atoms with Crippen LogP contribution in [0.2, 0.25) is 0 Å². The normalized spacial score (nSPS) is 11.2. The number of rotatable bonds is 2. The molecule has 0 spiro atoms. The van der Waals surface area contributed by atoms with Crippen LogP contribution in [0.25, 0.3) is 10.9 Å². The van der Waals surface area contributed by atoms with Crippen molar-refractivity contribution in [3.8, 4) is 0 Å². The smallest absolute Gasteiger partial charge is 0.337 e. The van der Waals surface area contributed by atoms with Crippen molar-refractivity contribution in [2.75, 3.05) is 0 Å². The van der Waals surface area contributed by atoms with E-state index in [4.69, 9.17) is 0 Å². The van der Waals surface area contributed by atoms with Gasteiger partial charge in [0.1, 0.15) is 0 Å². The molecule has 0 aliphatic heterocycles. The van der Waals surface area contributed by atoms with Gasteiger partial charge in [0, 0.05) is 18.6 Å². The fraction of sp³-hybridized carbons (Fsp3) is 0.308. The van der Waals surface area contributed by atoms with E-state index in [9.17, 15) is 9.90 Å². The van der Waals surface area contributed by atoms with Crippen molar-refractivity contribution in [1.29, 1.82) is 0 Å². The molecule has 0 bridgehead atoms. The molecule has 0 aliphatic rings. The van der Waals surface area contributed by atoms with Gasteiger partial charge in [0.2, 0.25) is 0 Å². The first-order chi connectivity index (χ1) is 7.50. The van der Waals surface area contributed by atoms with Gasteiger partial charge >= 0.3 is 5.97 Å². The predicted molar refractivity (Wildman–Crippen MR) is 64.0 cm³/mol. The number of carboxylic acid groups (broad SMARTS) is 1. The Morgan fingerprint density at radius 2 is 2.06 bits per heavy atom. The molecule has 0 radical (unpaired) electrons. The van der Waals surface area contributed by atoms with Crippen molar-refractivity contribution in [3.63, 3.8) is 0 Å². The second-order valence-electron chi connectivity index (χ2n) is 4.39. The van der Waals surface area contributed by atoms with Crippen molar-refractivity contribution in [2.45, 2.75) is 19.8 Å². The second kappa shape index (κ2) is 3.67. The molecule has 3 nitrogen and oxygen atoms in total. The zero-order chi connectivity index (χ0) is 11.9. The highest BCUT2D eigenvalue weighted by atomic mass is 16.4. The van der Waals surface area contributed by atoms with Crippen LogP contribution in [0.1, 0.15) is 35.7 Å². The number of hydrogen-bond donors (Lipinski definition) is 1. The molecule has 2 rings (SSSR count). The van der Waals surface area contributed by atoms with Gasteiger partial charge in [0.05, 0.1) is 11.1 Å². The van der Waals surface area contributed by atoms with Crippen LogP contribution in [0.15, 0.2) is 24.4 Å². The van der Waals surface area contributed by atoms with Gasteiger partial charge in [-0.15, -0.1) is 0 Å². The molecular formula is C13H15NO2. The highest BCUT2D eigenvalue weighted by Gasteiger charge is 2.14. The van der Waals surface area contributed by atoms with Crippen LogP contribution in [0.3, 0.4) is 0 Å². The Balaban J connectivity index is 2.81. The van der Waals surface area contributed by atoms with Crippen molar-refractivity contribution in [3.05, 3.63) is 35.5 Å². The Morgan fingerprint density at radius 1 is 1.38 bits per heavy atom. The number of aromatic nitrogens is 1. The first kappa shape index (κ1) is 10.7. The third-order valence-electron chi connectivity index (χ3n) is 2.89. The minimum Gasteiger partial charge on any atom is -0.478 e. The first-order valence-corrected chi connectivity index (χ1v) is 5.33. The van der Waals surface area contributed by atoms with Crippen molar-refractivity contribution >= 4 is 16.9 Å². The summed E-state index contributed by atoms with van der Waals surface area (Å²) in [6.07, 6.45) is 1.89. The summed E-state index contributed by atoms with van der Waals surface area (Å²) in [5.41, 5.74) is 2.24. The van der Waals surface area contributed by atoms with Crippen LogP contribution in [-0.4, -0.2) is 15.6 Å². The molecule has 1 aromatic carbocycles. The van der Waals surface area contributed by atoms with Crippen molar-refractivity contribution < 1.29 is 9.90 Å². The lowest BCUT2D eigenvalue weighted by Gasteiger charge is -2.09. The van der Waals surface area contributed by atoms with Crippen LogP contribution in [0.4, 0.5) is 0 Å². The Kier molecular flexibility index (Phi) is 2.46. The second-order valence-corrected chi connectivity index (χ2v) is 4.39. The van der Waals surface area contributed by atoms with Gasteiger partial charge in [-0.25, -0.2) is 4.79 Å². The molecule has 1 aromatic heterocycles. The lowest BCUT2D eigenvalue weighted by molar-refractivity contribution is 0.0698. The molecule has 0 saturated carbocycles. The highest BCUT2D eigenvalue weighted by Crippen LogP contribution is 2.25. The maximum absolute atomic E-state index is 11.2. The monoisotopic (exact) mass is 217 g/mol. The summed E-state index contributed by atoms with van der Waals surface area (Å²) in [6, 6.07) is 5.79. The molecule has 1 heterocycles. The Morgan fingerprint density at radius 3 is 2.62 bits per heavy atom. The molecule has 0 saturated heterocycles. The van der Waals surface area contributed by atoms with E-state index in [2.05, 4.69) is 19.9 Å². The maximum atomic E-state index is 11.2. The Hall–Kier alpha value is -1.77. The fourth-order valence-corrected chi connectivity index (χ4v) is 1.96. The molecule has 0 atom stereocenters. The molecule has 16 heavy (non-hydrogen) atoms. The molecule has 2 aromatic rings. The number of hydrogen-bond acceptors (Lipinski definition) is 1. The number of carboxylic acids is 1. The summed E-state index contributed by atoms with van der Waals surface area (Å²) < 4.78 is 1.85. The fourth-order valence-electron chi connectivity index (χ4n) is 1.96. The zero-order valence-corrected chi connectivity index (χ0v) is 9.69. The number of carbonyl (C=O) groups is 1. The van der Waals surface area contributed by atoms with Crippen LogP contribution in [0.5, 0.6) is 0 Å². The molecule has 84 valence electrons. The van der Waals surface area contributed by atoms with E-state index in [0.29, 0.717) is 11.5 Å². The van der Waals surface area contributed by atoms with Gasteiger partial charge in [0.25, 0.3) is 0 Å². The zero-order valence-electron chi connectivity index (χ0n) is 9.69. The van der Waals surface area contributed by atoms with Gasteiger partial charge in [-0.05, 0) is 29.7 Å². The number of aryl methyl sites for hydroxylation is 1. The van der Waals surface area contributed by atoms with Crippen LogP contribution in [-0.2, 0) is 7.05 Å². The molecule has 0 unspecified atom stereocenters. The van der Waals surface area contributed by atoms with E-state index in [1.165, 1.54) is 0 Å². The van der Waals surface area contributed by atoms with Crippen LogP contribution >= 0.6 is 0 Å². The molecule has 3 heteroatoms. The topological polar surface area (TPSA) is 42.2 Å². The average Bonchev–Trinajstić information content (AvgIpc) is 2.59. The summed E-state index contributed by atoms with van der Waals surface area (Å²) >= 11 is 0. The summed E-state index contributed by atoms with van der Waals surface area (Å²) in [5.74, 6) is -0.531. The Bertz CT molecular complexity index is 552. The number of fused-ring (bicyclic) bond motifs is 1. The van der Waals surface area contributed by atoms with E-state index in [-0.39, 0.29) is 0 Å². The molecular weight excluding hydrogens is 202 g/mol. The highest BCUT2D eigenvalue weighted by molar-refractivity contribution is 6.02. The SMILES string of the molecule is CC(C)c1cc(C(=O)O)c2c(ccn2C)c1. The summed E-state index contributed by atoms with van der Waals surface area (Å²) in [5, 5.41) is 10.2. The van der Waals surface area contributed by atoms with Gasteiger partial charge in [-0.3, -0.25) is 0 Å². The van der Waals surface area contributed by atoms with E-state index >= 15 is 0 Å². The van der Waals surface area contributed by atoms with E-state index in [0.717, 1.165) is 16.5 Å². The van der Waals surface area contributed by atoms with E-state index in [1.807, 2.05) is 23.9 Å². The molecule has 0 fully saturated rings. The number of aromatic carboxylic acids is 1. The minimum absolute atomic E-state index is 0.336. The maximum Gasteiger partial charge on any atom is 0.337 e. The third kappa shape index (κ3) is 1.58. The van der Waals surface area contributed by atoms with Gasteiger partial charge in [-0.1, -0.05) is 13.8 Å². The summed E-state index contributed by atoms with van der Waals surface area (Å²) in [7, 11) is 1.86. The lowest BCUT2D eigenvalue weighted by atomic mass is 9.98. The standard InChI is InChI=1S/C13H15NO2/c1-8(2)10-6-9-4-5-14(3)12(9)11(7-10)13(15)16/h4-8H,1-3H3,(H,15,16). The molecule has 0 aliphatic carbocycles. The predicted octanol–water partition coefficient (Wildman–Crippen LogP) is 3.00. The quantitative estimate of drug-likeness (QED) is 0.840. The van der Waals surface area contributed by atoms with Crippen LogP contribution < -0.4 is 0 Å². The van der Waals surface area contributed by atoms with Crippen molar-refractivity contribution in [1.82, 2.24) is 4.57 Å². The van der Waals surface area contributed by atoms with Gasteiger partial charge in [0.15, 0.2) is 0 Å². The van der Waals surface area contributed by atoms with E-state index < -0.39 is 5.97 Å². The van der Waals surface area contributed by atoms with Gasteiger partial charge < -0.3 is 9.67 Å². The average molecular weight is 217 g/mol. The van der Waals surface area contributed by atoms with Gasteiger partial charge in [-0.2, -0.15) is 0 Å². The van der Waals surface area contributed by atoms with E-state index in [1.54, 1.807) is 6.07 Å². The largest absolute Gasteiger partial charge is 0.478 e. The number of nitrogens with zero attached hydrogens (tertiary/aromatic N) is 1. The van der Waals surface area contributed by atoms with Crippen LogP contribution in [0, 0.1) is 0 Å². The minimum atomic E-state index is -0.866. The lowest BCUT2D eigenvalue weighted by Crippen LogP contribution is -2.02. The first-order valence-electron chi connectivity index (χ1n) is 5.33.